The van der Waals surface area contributed by atoms with Crippen LogP contribution in [0.3, 0.4) is 0 Å². The van der Waals surface area contributed by atoms with Crippen LogP contribution in [0.15, 0.2) is 36.4 Å². The first-order valence-electron chi connectivity index (χ1n) is 6.07. The standard InChI is InChI=1S/C15H13ClF3N/c1-20-15(10-3-5-13(18)12(16)6-10)7-9-2-4-11(17)8-14(9)19/h2-6,8,15,20H,7H2,1H3. The Morgan fingerprint density at radius 1 is 1.05 bits per heavy atom. The summed E-state index contributed by atoms with van der Waals surface area (Å²) in [4.78, 5) is 0. The van der Waals surface area contributed by atoms with E-state index in [0.717, 1.165) is 11.6 Å². The van der Waals surface area contributed by atoms with Gasteiger partial charge in [-0.25, -0.2) is 13.2 Å². The molecular weight excluding hydrogens is 287 g/mol. The second-order valence-corrected chi connectivity index (χ2v) is 4.86. The molecule has 1 unspecified atom stereocenters. The van der Waals surface area contributed by atoms with Gasteiger partial charge in [0, 0.05) is 12.1 Å². The van der Waals surface area contributed by atoms with Crippen LogP contribution in [0.2, 0.25) is 5.02 Å². The molecule has 5 heteroatoms. The second kappa shape index (κ2) is 6.29. The molecule has 0 bridgehead atoms. The maximum atomic E-state index is 13.7. The van der Waals surface area contributed by atoms with Gasteiger partial charge >= 0.3 is 0 Å². The summed E-state index contributed by atoms with van der Waals surface area (Å²) >= 11 is 5.74. The summed E-state index contributed by atoms with van der Waals surface area (Å²) in [5, 5.41) is 3.03. The Morgan fingerprint density at radius 2 is 1.80 bits per heavy atom. The molecule has 0 fully saturated rings. The third-order valence-electron chi connectivity index (χ3n) is 3.13. The van der Waals surface area contributed by atoms with Crippen LogP contribution in [-0.2, 0) is 6.42 Å². The highest BCUT2D eigenvalue weighted by atomic mass is 35.5. The van der Waals surface area contributed by atoms with Crippen LogP contribution in [0.25, 0.3) is 0 Å². The Labute approximate surface area is 120 Å². The lowest BCUT2D eigenvalue weighted by molar-refractivity contribution is 0.539. The van der Waals surface area contributed by atoms with E-state index in [1.54, 1.807) is 13.1 Å². The Morgan fingerprint density at radius 3 is 2.40 bits per heavy atom. The summed E-state index contributed by atoms with van der Waals surface area (Å²) in [6.45, 7) is 0. The van der Waals surface area contributed by atoms with Gasteiger partial charge in [-0.05, 0) is 42.8 Å². The van der Waals surface area contributed by atoms with E-state index in [4.69, 9.17) is 11.6 Å². The van der Waals surface area contributed by atoms with E-state index in [2.05, 4.69) is 5.32 Å². The molecule has 1 nitrogen and oxygen atoms in total. The molecule has 1 N–H and O–H groups in total. The molecule has 0 saturated carbocycles. The lowest BCUT2D eigenvalue weighted by Gasteiger charge is -2.17. The number of hydrogen-bond donors (Lipinski definition) is 1. The number of hydrogen-bond acceptors (Lipinski definition) is 1. The van der Waals surface area contributed by atoms with Gasteiger partial charge in [-0.2, -0.15) is 0 Å². The van der Waals surface area contributed by atoms with Crippen LogP contribution in [0, 0.1) is 17.5 Å². The van der Waals surface area contributed by atoms with Crippen molar-refractivity contribution in [3.8, 4) is 0 Å². The normalized spacial score (nSPS) is 12.4. The SMILES string of the molecule is CNC(Cc1ccc(F)cc1F)c1ccc(F)c(Cl)c1. The first-order valence-corrected chi connectivity index (χ1v) is 6.45. The highest BCUT2D eigenvalue weighted by molar-refractivity contribution is 6.30. The molecule has 0 aliphatic carbocycles. The summed E-state index contributed by atoms with van der Waals surface area (Å²) in [6, 6.07) is 7.57. The van der Waals surface area contributed by atoms with Crippen LogP contribution in [-0.4, -0.2) is 7.05 Å². The van der Waals surface area contributed by atoms with Crippen molar-refractivity contribution in [2.24, 2.45) is 0 Å². The number of likely N-dealkylation sites (N-methyl/N-ethyl adjacent to an activating group) is 1. The van der Waals surface area contributed by atoms with Crippen molar-refractivity contribution in [2.75, 3.05) is 7.05 Å². The lowest BCUT2D eigenvalue weighted by Crippen LogP contribution is -2.19. The monoisotopic (exact) mass is 299 g/mol. The quantitative estimate of drug-likeness (QED) is 0.889. The number of rotatable bonds is 4. The molecule has 2 aromatic rings. The van der Waals surface area contributed by atoms with Gasteiger partial charge in [0.25, 0.3) is 0 Å². The minimum Gasteiger partial charge on any atom is -0.313 e. The van der Waals surface area contributed by atoms with Crippen molar-refractivity contribution in [3.63, 3.8) is 0 Å². The van der Waals surface area contributed by atoms with E-state index in [9.17, 15) is 13.2 Å². The summed E-state index contributed by atoms with van der Waals surface area (Å²) in [7, 11) is 1.71. The molecule has 0 saturated heterocycles. The fourth-order valence-electron chi connectivity index (χ4n) is 2.02. The van der Waals surface area contributed by atoms with Gasteiger partial charge in [0.2, 0.25) is 0 Å². The van der Waals surface area contributed by atoms with Gasteiger partial charge in [-0.1, -0.05) is 23.7 Å². The molecule has 106 valence electrons. The number of nitrogens with one attached hydrogen (secondary N) is 1. The summed E-state index contributed by atoms with van der Waals surface area (Å²) < 4.78 is 39.7. The molecule has 2 aromatic carbocycles. The molecule has 0 spiro atoms. The second-order valence-electron chi connectivity index (χ2n) is 4.45. The predicted molar refractivity (Wildman–Crippen MR) is 73.3 cm³/mol. The summed E-state index contributed by atoms with van der Waals surface area (Å²) in [5.74, 6) is -1.71. The zero-order valence-electron chi connectivity index (χ0n) is 10.8. The molecule has 0 aromatic heterocycles. The fraction of sp³-hybridized carbons (Fsp3) is 0.200. The maximum absolute atomic E-state index is 13.7. The smallest absolute Gasteiger partial charge is 0.141 e. The van der Waals surface area contributed by atoms with E-state index in [1.165, 1.54) is 24.3 Å². The van der Waals surface area contributed by atoms with Crippen LogP contribution in [0.4, 0.5) is 13.2 Å². The topological polar surface area (TPSA) is 12.0 Å². The van der Waals surface area contributed by atoms with Crippen molar-refractivity contribution in [3.05, 3.63) is 70.0 Å². The summed E-state index contributed by atoms with van der Waals surface area (Å²) in [5.41, 5.74) is 1.12. The Hall–Kier alpha value is -1.52. The fourth-order valence-corrected chi connectivity index (χ4v) is 2.21. The van der Waals surface area contributed by atoms with Crippen LogP contribution >= 0.6 is 11.6 Å². The summed E-state index contributed by atoms with van der Waals surface area (Å²) in [6.07, 6.45) is 0.310. The largest absolute Gasteiger partial charge is 0.313 e. The molecule has 0 radical (unpaired) electrons. The Balaban J connectivity index is 2.26. The Kier molecular flexibility index (Phi) is 4.68. The van der Waals surface area contributed by atoms with Gasteiger partial charge in [0.05, 0.1) is 5.02 Å². The van der Waals surface area contributed by atoms with Gasteiger partial charge in [0.15, 0.2) is 0 Å². The van der Waals surface area contributed by atoms with Crippen LogP contribution < -0.4 is 5.32 Å². The van der Waals surface area contributed by atoms with Crippen LogP contribution in [0.1, 0.15) is 17.2 Å². The highest BCUT2D eigenvalue weighted by Gasteiger charge is 2.14. The number of benzene rings is 2. The lowest BCUT2D eigenvalue weighted by atomic mass is 9.98. The maximum Gasteiger partial charge on any atom is 0.141 e. The Bertz CT molecular complexity index is 616. The first-order chi connectivity index (χ1) is 9.51. The van der Waals surface area contributed by atoms with E-state index < -0.39 is 17.5 Å². The van der Waals surface area contributed by atoms with Gasteiger partial charge in [0.1, 0.15) is 17.5 Å². The minimum atomic E-state index is -0.614. The van der Waals surface area contributed by atoms with Crippen molar-refractivity contribution in [2.45, 2.75) is 12.5 Å². The van der Waals surface area contributed by atoms with Crippen molar-refractivity contribution in [1.82, 2.24) is 5.32 Å². The van der Waals surface area contributed by atoms with E-state index in [0.29, 0.717) is 12.0 Å². The van der Waals surface area contributed by atoms with Crippen molar-refractivity contribution >= 4 is 11.6 Å². The average Bonchev–Trinajstić information content (AvgIpc) is 2.41. The zero-order chi connectivity index (χ0) is 14.7. The zero-order valence-corrected chi connectivity index (χ0v) is 11.5. The minimum absolute atomic E-state index is 0.0160. The predicted octanol–water partition coefficient (Wildman–Crippen LogP) is 4.26. The third-order valence-corrected chi connectivity index (χ3v) is 3.42. The van der Waals surface area contributed by atoms with Gasteiger partial charge < -0.3 is 5.32 Å². The average molecular weight is 300 g/mol. The highest BCUT2D eigenvalue weighted by Crippen LogP contribution is 2.24. The molecular formula is C15H13ClF3N. The van der Waals surface area contributed by atoms with Crippen LogP contribution in [0.5, 0.6) is 0 Å². The third kappa shape index (κ3) is 3.32. The van der Waals surface area contributed by atoms with E-state index in [-0.39, 0.29) is 11.1 Å². The molecule has 0 heterocycles. The van der Waals surface area contributed by atoms with Gasteiger partial charge in [-0.3, -0.25) is 0 Å². The van der Waals surface area contributed by atoms with Crippen molar-refractivity contribution in [1.29, 1.82) is 0 Å². The van der Waals surface area contributed by atoms with Gasteiger partial charge in [-0.15, -0.1) is 0 Å². The van der Waals surface area contributed by atoms with Crippen molar-refractivity contribution < 1.29 is 13.2 Å². The van der Waals surface area contributed by atoms with E-state index >= 15 is 0 Å². The number of halogens is 4. The first kappa shape index (κ1) is 14.9. The molecule has 0 aliphatic rings. The molecule has 2 rings (SSSR count). The molecule has 1 atom stereocenters. The molecule has 0 amide bonds. The molecule has 20 heavy (non-hydrogen) atoms. The van der Waals surface area contributed by atoms with E-state index in [1.807, 2.05) is 0 Å². The molecule has 0 aliphatic heterocycles.